The van der Waals surface area contributed by atoms with Crippen molar-refractivity contribution in [1.29, 1.82) is 0 Å². The highest BCUT2D eigenvalue weighted by Gasteiger charge is 2.16. The van der Waals surface area contributed by atoms with E-state index < -0.39 is 0 Å². The van der Waals surface area contributed by atoms with Crippen LogP contribution in [0.1, 0.15) is 76.7 Å². The number of nitrogens with one attached hydrogen (secondary N) is 2. The largest absolute Gasteiger partial charge is 0.506 e. The first-order valence-electron chi connectivity index (χ1n) is 15.7. The van der Waals surface area contributed by atoms with E-state index in [2.05, 4.69) is 39.6 Å². The van der Waals surface area contributed by atoms with Crippen molar-refractivity contribution >= 4 is 45.1 Å². The van der Waals surface area contributed by atoms with Crippen LogP contribution in [0.3, 0.4) is 0 Å². The fourth-order valence-corrected chi connectivity index (χ4v) is 8.02. The molecule has 0 radical (unpaired) electrons. The molecule has 1 aliphatic heterocycles. The summed E-state index contributed by atoms with van der Waals surface area (Å²) in [7, 11) is 5.67. The molecule has 3 rings (SSSR count). The van der Waals surface area contributed by atoms with Crippen molar-refractivity contribution in [2.75, 3.05) is 44.4 Å². The van der Waals surface area contributed by atoms with Crippen LogP contribution in [0.2, 0.25) is 0 Å². The number of phenolic OH excluding ortho intramolecular Hbond substituents is 2. The number of anilines is 1. The molecular formula is C33H50N4O4S2. The normalized spacial score (nSPS) is 14.9. The maximum absolute atomic E-state index is 12.1. The minimum Gasteiger partial charge on any atom is -0.506 e. The van der Waals surface area contributed by atoms with Gasteiger partial charge in [0.2, 0.25) is 5.91 Å². The molecule has 1 saturated heterocycles. The Hall–Kier alpha value is -2.56. The van der Waals surface area contributed by atoms with E-state index in [4.69, 9.17) is 4.74 Å². The van der Waals surface area contributed by atoms with Gasteiger partial charge in [-0.3, -0.25) is 14.7 Å². The molecule has 4 N–H and O–H groups in total. The molecule has 1 amide bonds. The minimum atomic E-state index is 0.0226. The van der Waals surface area contributed by atoms with Crippen LogP contribution in [0.4, 0.5) is 11.4 Å². The first-order chi connectivity index (χ1) is 21.0. The molecule has 43 heavy (non-hydrogen) atoms. The quantitative estimate of drug-likeness (QED) is 0.0369. The molecule has 2 aromatic carbocycles. The van der Waals surface area contributed by atoms with Crippen LogP contribution in [0, 0.1) is 0 Å². The standard InChI is InChI=1S/C33H50N4O4S2/c1-3-37(25-26-13-6-8-15-32(26)41-2)21-11-5-4-10-18-34-28-23-31(39)29(24-30(28)38)35-19-12-20-36-33(40)16-9-7-14-27-17-22-42-43-27/h6,8,13,15,18,23-24,27,35,38-39H,3-5,7,9-12,14,16-17,19-22,25H2,1-2H3,(H,36,40). The molecule has 1 heterocycles. The van der Waals surface area contributed by atoms with Gasteiger partial charge in [-0.2, -0.15) is 0 Å². The zero-order valence-corrected chi connectivity index (χ0v) is 27.5. The lowest BCUT2D eigenvalue weighted by Gasteiger charge is -2.21. The summed E-state index contributed by atoms with van der Waals surface area (Å²) in [6.07, 6.45) is 11.7. The minimum absolute atomic E-state index is 0.0226. The monoisotopic (exact) mass is 630 g/mol. The van der Waals surface area contributed by atoms with Crippen molar-refractivity contribution in [3.63, 3.8) is 0 Å². The molecule has 10 heteroatoms. The molecule has 1 aliphatic rings. The molecule has 0 bridgehead atoms. The fraction of sp³-hybridized carbons (Fsp3) is 0.576. The van der Waals surface area contributed by atoms with Gasteiger partial charge in [0.1, 0.15) is 22.9 Å². The number of carbonyl (C=O) groups excluding carboxylic acids is 1. The highest BCUT2D eigenvalue weighted by Crippen LogP contribution is 2.40. The van der Waals surface area contributed by atoms with E-state index >= 15 is 0 Å². The van der Waals surface area contributed by atoms with E-state index in [0.717, 1.165) is 75.6 Å². The van der Waals surface area contributed by atoms with Gasteiger partial charge in [0, 0.05) is 61.0 Å². The van der Waals surface area contributed by atoms with Crippen LogP contribution in [0.5, 0.6) is 17.2 Å². The van der Waals surface area contributed by atoms with Crippen LogP contribution in [-0.4, -0.2) is 71.5 Å². The third-order valence-electron chi connectivity index (χ3n) is 7.56. The number of benzene rings is 2. The summed E-state index contributed by atoms with van der Waals surface area (Å²) in [6, 6.07) is 11.2. The summed E-state index contributed by atoms with van der Waals surface area (Å²) in [5, 5.41) is 27.7. The molecular weight excluding hydrogens is 581 g/mol. The number of carbonyl (C=O) groups is 1. The van der Waals surface area contributed by atoms with Crippen molar-refractivity contribution < 1.29 is 19.7 Å². The predicted molar refractivity (Wildman–Crippen MR) is 183 cm³/mol. The summed E-state index contributed by atoms with van der Waals surface area (Å²) in [4.78, 5) is 18.9. The number of amides is 1. The average Bonchev–Trinajstić information content (AvgIpc) is 3.54. The van der Waals surface area contributed by atoms with Gasteiger partial charge in [-0.1, -0.05) is 59.6 Å². The van der Waals surface area contributed by atoms with Gasteiger partial charge < -0.3 is 25.6 Å². The summed E-state index contributed by atoms with van der Waals surface area (Å²) >= 11 is 0. The number of unbranched alkanes of at least 4 members (excludes halogenated alkanes) is 4. The zero-order chi connectivity index (χ0) is 30.7. The molecule has 0 spiro atoms. The van der Waals surface area contributed by atoms with E-state index in [1.807, 2.05) is 39.9 Å². The Morgan fingerprint density at radius 3 is 2.74 bits per heavy atom. The van der Waals surface area contributed by atoms with Crippen molar-refractivity contribution in [1.82, 2.24) is 10.2 Å². The van der Waals surface area contributed by atoms with Gasteiger partial charge in [0.15, 0.2) is 0 Å². The maximum atomic E-state index is 12.1. The second kappa shape index (κ2) is 20.4. The number of hydrogen-bond acceptors (Lipinski definition) is 9. The summed E-state index contributed by atoms with van der Waals surface area (Å²) in [6.45, 7) is 6.23. The first-order valence-corrected chi connectivity index (χ1v) is 18.1. The van der Waals surface area contributed by atoms with Gasteiger partial charge in [0.25, 0.3) is 0 Å². The van der Waals surface area contributed by atoms with Crippen LogP contribution in [0.25, 0.3) is 0 Å². The number of aliphatic imine (C=N–C) groups is 1. The van der Waals surface area contributed by atoms with Crippen LogP contribution in [-0.2, 0) is 11.3 Å². The number of methoxy groups -OCH3 is 1. The lowest BCUT2D eigenvalue weighted by Crippen LogP contribution is -2.25. The van der Waals surface area contributed by atoms with Crippen LogP contribution in [0.15, 0.2) is 41.4 Å². The third-order valence-corrected chi connectivity index (χ3v) is 10.6. The SMILES string of the molecule is CCN(CCCCCC=Nc1cc(O)c(NCCCNC(=O)CCCCC2CCSS2)cc1O)Cc1ccccc1OC. The topological polar surface area (TPSA) is 106 Å². The lowest BCUT2D eigenvalue weighted by molar-refractivity contribution is -0.121. The Balaban J connectivity index is 1.26. The van der Waals surface area contributed by atoms with E-state index in [0.29, 0.717) is 30.9 Å². The van der Waals surface area contributed by atoms with Crippen LogP contribution >= 0.6 is 21.6 Å². The van der Waals surface area contributed by atoms with Crippen molar-refractivity contribution in [2.24, 2.45) is 4.99 Å². The molecule has 0 aromatic heterocycles. The summed E-state index contributed by atoms with van der Waals surface area (Å²) < 4.78 is 5.48. The molecule has 1 fully saturated rings. The van der Waals surface area contributed by atoms with Gasteiger partial charge in [-0.15, -0.1) is 0 Å². The molecule has 1 atom stereocenters. The number of nitrogens with zero attached hydrogens (tertiary/aromatic N) is 2. The molecule has 0 aliphatic carbocycles. The van der Waals surface area contributed by atoms with E-state index in [9.17, 15) is 15.0 Å². The number of hydrogen-bond donors (Lipinski definition) is 4. The molecule has 238 valence electrons. The Morgan fingerprint density at radius 1 is 1.09 bits per heavy atom. The number of phenols is 2. The van der Waals surface area contributed by atoms with Gasteiger partial charge in [-0.25, -0.2) is 0 Å². The second-order valence-electron chi connectivity index (χ2n) is 10.9. The number of para-hydroxylation sites is 1. The maximum Gasteiger partial charge on any atom is 0.219 e. The Labute approximate surface area is 265 Å². The van der Waals surface area contributed by atoms with E-state index in [1.165, 1.54) is 36.3 Å². The van der Waals surface area contributed by atoms with Crippen molar-refractivity contribution in [2.45, 2.75) is 82.9 Å². The number of rotatable bonds is 21. The summed E-state index contributed by atoms with van der Waals surface area (Å²) in [5.41, 5.74) is 2.02. The number of ether oxygens (including phenoxy) is 1. The van der Waals surface area contributed by atoms with Crippen LogP contribution < -0.4 is 15.4 Å². The van der Waals surface area contributed by atoms with Gasteiger partial charge in [-0.05, 0) is 64.1 Å². The van der Waals surface area contributed by atoms with Crippen molar-refractivity contribution in [3.05, 3.63) is 42.0 Å². The first kappa shape index (κ1) is 34.9. The third kappa shape index (κ3) is 13.3. The smallest absolute Gasteiger partial charge is 0.219 e. The molecule has 2 aromatic rings. The molecule has 8 nitrogen and oxygen atoms in total. The van der Waals surface area contributed by atoms with Gasteiger partial charge in [0.05, 0.1) is 12.8 Å². The second-order valence-corrected chi connectivity index (χ2v) is 13.7. The Kier molecular flexibility index (Phi) is 16.6. The predicted octanol–water partition coefficient (Wildman–Crippen LogP) is 7.52. The highest BCUT2D eigenvalue weighted by molar-refractivity contribution is 8.77. The Bertz CT molecular complexity index is 1130. The molecule has 0 saturated carbocycles. The van der Waals surface area contributed by atoms with E-state index in [-0.39, 0.29) is 17.4 Å². The zero-order valence-electron chi connectivity index (χ0n) is 25.9. The van der Waals surface area contributed by atoms with E-state index in [1.54, 1.807) is 7.11 Å². The fourth-order valence-electron chi connectivity index (χ4n) is 4.99. The Morgan fingerprint density at radius 2 is 1.95 bits per heavy atom. The average molecular weight is 631 g/mol. The van der Waals surface area contributed by atoms with Crippen molar-refractivity contribution in [3.8, 4) is 17.2 Å². The summed E-state index contributed by atoms with van der Waals surface area (Å²) in [5.74, 6) is 2.36. The van der Waals surface area contributed by atoms with Gasteiger partial charge >= 0.3 is 0 Å². The highest BCUT2D eigenvalue weighted by atomic mass is 33.1. The number of aromatic hydroxyl groups is 2. The molecule has 1 unspecified atom stereocenters. The lowest BCUT2D eigenvalue weighted by atomic mass is 10.1.